The molecule has 1 aromatic carbocycles. The van der Waals surface area contributed by atoms with E-state index < -0.39 is 0 Å². The van der Waals surface area contributed by atoms with Crippen molar-refractivity contribution in [1.82, 2.24) is 0 Å². The Balaban J connectivity index is 2.36. The van der Waals surface area contributed by atoms with E-state index in [0.29, 0.717) is 12.1 Å². The molecule has 0 radical (unpaired) electrons. The maximum absolute atomic E-state index is 9.46. The van der Waals surface area contributed by atoms with Gasteiger partial charge in [0.2, 0.25) is 0 Å². The molecule has 0 aromatic heterocycles. The minimum atomic E-state index is -0.268. The molecule has 1 aliphatic rings. The topological polar surface area (TPSA) is 47.3 Å². The highest BCUT2D eigenvalue weighted by Gasteiger charge is 2.22. The van der Waals surface area contributed by atoms with Crippen molar-refractivity contribution in [3.8, 4) is 6.07 Å². The third kappa shape index (κ3) is 1.99. The quantitative estimate of drug-likeness (QED) is 0.845. The largest absolute Gasteiger partial charge is 0.391 e. The number of halogens is 1. The Kier molecular flexibility index (Phi) is 2.94. The zero-order valence-corrected chi connectivity index (χ0v) is 9.74. The second-order valence-electron chi connectivity index (χ2n) is 3.63. The number of hydrogen-bond donors (Lipinski definition) is 1. The maximum Gasteiger partial charge on any atom is 0.103 e. The molecule has 15 heavy (non-hydrogen) atoms. The van der Waals surface area contributed by atoms with E-state index in [4.69, 9.17) is 5.26 Å². The van der Waals surface area contributed by atoms with Crippen LogP contribution in [0.1, 0.15) is 12.0 Å². The molecular weight excluding hydrogens is 256 g/mol. The summed E-state index contributed by atoms with van der Waals surface area (Å²) >= 11 is 3.36. The van der Waals surface area contributed by atoms with E-state index in [0.717, 1.165) is 23.1 Å². The van der Waals surface area contributed by atoms with E-state index in [1.54, 1.807) is 0 Å². The van der Waals surface area contributed by atoms with Crippen molar-refractivity contribution >= 4 is 21.6 Å². The first kappa shape index (κ1) is 10.5. The molecule has 0 amide bonds. The van der Waals surface area contributed by atoms with Gasteiger partial charge in [-0.25, -0.2) is 0 Å². The summed E-state index contributed by atoms with van der Waals surface area (Å²) in [5, 5.41) is 18.5. The number of aliphatic hydroxyl groups is 1. The monoisotopic (exact) mass is 266 g/mol. The molecule has 1 aliphatic heterocycles. The van der Waals surface area contributed by atoms with Crippen LogP contribution in [0.5, 0.6) is 0 Å². The molecule has 1 unspecified atom stereocenters. The molecule has 2 rings (SSSR count). The van der Waals surface area contributed by atoms with E-state index in [1.807, 2.05) is 23.1 Å². The second-order valence-corrected chi connectivity index (χ2v) is 4.49. The highest BCUT2D eigenvalue weighted by atomic mass is 79.9. The van der Waals surface area contributed by atoms with E-state index in [2.05, 4.69) is 22.0 Å². The molecule has 0 saturated carbocycles. The molecule has 0 bridgehead atoms. The lowest BCUT2D eigenvalue weighted by atomic mass is 10.2. The highest BCUT2D eigenvalue weighted by Crippen LogP contribution is 2.29. The Morgan fingerprint density at radius 2 is 2.33 bits per heavy atom. The number of benzene rings is 1. The summed E-state index contributed by atoms with van der Waals surface area (Å²) in [6.45, 7) is 1.43. The van der Waals surface area contributed by atoms with E-state index in [-0.39, 0.29) is 6.10 Å². The smallest absolute Gasteiger partial charge is 0.103 e. The van der Waals surface area contributed by atoms with Crippen LogP contribution in [0.25, 0.3) is 0 Å². The van der Waals surface area contributed by atoms with Crippen molar-refractivity contribution in [2.24, 2.45) is 0 Å². The number of anilines is 1. The highest BCUT2D eigenvalue weighted by molar-refractivity contribution is 9.10. The Morgan fingerprint density at radius 1 is 1.53 bits per heavy atom. The van der Waals surface area contributed by atoms with Crippen molar-refractivity contribution in [3.63, 3.8) is 0 Å². The van der Waals surface area contributed by atoms with Gasteiger partial charge < -0.3 is 10.0 Å². The van der Waals surface area contributed by atoms with Crippen molar-refractivity contribution in [1.29, 1.82) is 5.26 Å². The first-order chi connectivity index (χ1) is 7.22. The van der Waals surface area contributed by atoms with Gasteiger partial charge in [0.15, 0.2) is 0 Å². The van der Waals surface area contributed by atoms with Gasteiger partial charge in [0.25, 0.3) is 0 Å². The Labute approximate surface area is 97.1 Å². The molecule has 1 fully saturated rings. The minimum absolute atomic E-state index is 0.268. The van der Waals surface area contributed by atoms with Gasteiger partial charge in [-0.2, -0.15) is 5.26 Å². The summed E-state index contributed by atoms with van der Waals surface area (Å²) < 4.78 is 0.809. The molecule has 1 N–H and O–H groups in total. The number of hydrogen-bond acceptors (Lipinski definition) is 3. The molecule has 3 nitrogen and oxygen atoms in total. The van der Waals surface area contributed by atoms with Gasteiger partial charge in [-0.15, -0.1) is 0 Å². The normalized spacial score (nSPS) is 20.3. The third-order valence-electron chi connectivity index (χ3n) is 2.61. The standard InChI is InChI=1S/C11H11BrN2O/c12-10-2-1-3-11(9(10)6-13)14-5-4-8(15)7-14/h1-3,8,15H,4-5,7H2. The maximum atomic E-state index is 9.46. The predicted molar refractivity (Wildman–Crippen MR) is 61.7 cm³/mol. The van der Waals surface area contributed by atoms with E-state index >= 15 is 0 Å². The molecule has 1 heterocycles. The molecular formula is C11H11BrN2O. The number of nitrogens with zero attached hydrogens (tertiary/aromatic N) is 2. The van der Waals surface area contributed by atoms with Gasteiger partial charge in [-0.1, -0.05) is 6.07 Å². The lowest BCUT2D eigenvalue weighted by molar-refractivity contribution is 0.198. The van der Waals surface area contributed by atoms with Crippen molar-refractivity contribution in [2.75, 3.05) is 18.0 Å². The number of β-amino-alcohol motifs (C(OH)–C–C–N with tert-alkyl or cyclic N) is 1. The van der Waals surface area contributed by atoms with Crippen LogP contribution in [0.15, 0.2) is 22.7 Å². The average Bonchev–Trinajstić information content (AvgIpc) is 2.64. The zero-order chi connectivity index (χ0) is 10.8. The first-order valence-electron chi connectivity index (χ1n) is 4.84. The zero-order valence-electron chi connectivity index (χ0n) is 8.15. The van der Waals surface area contributed by atoms with Gasteiger partial charge in [-0.3, -0.25) is 0 Å². The Bertz CT molecular complexity index is 414. The van der Waals surface area contributed by atoms with Crippen LogP contribution >= 0.6 is 15.9 Å². The summed E-state index contributed by atoms with van der Waals surface area (Å²) in [6.07, 6.45) is 0.507. The van der Waals surface area contributed by atoms with Crippen LogP contribution < -0.4 is 4.90 Å². The van der Waals surface area contributed by atoms with Crippen molar-refractivity contribution in [3.05, 3.63) is 28.2 Å². The van der Waals surface area contributed by atoms with Gasteiger partial charge in [0.05, 0.1) is 17.4 Å². The first-order valence-corrected chi connectivity index (χ1v) is 5.63. The van der Waals surface area contributed by atoms with Gasteiger partial charge >= 0.3 is 0 Å². The van der Waals surface area contributed by atoms with Crippen molar-refractivity contribution < 1.29 is 5.11 Å². The molecule has 0 spiro atoms. The molecule has 1 aromatic rings. The van der Waals surface area contributed by atoms with Crippen molar-refractivity contribution in [2.45, 2.75) is 12.5 Å². The summed E-state index contributed by atoms with van der Waals surface area (Å²) in [7, 11) is 0. The fourth-order valence-corrected chi connectivity index (χ4v) is 2.29. The minimum Gasteiger partial charge on any atom is -0.391 e. The Hall–Kier alpha value is -1.05. The number of nitriles is 1. The van der Waals surface area contributed by atoms with E-state index in [9.17, 15) is 5.11 Å². The van der Waals surface area contributed by atoms with Crippen LogP contribution in [0.4, 0.5) is 5.69 Å². The van der Waals surface area contributed by atoms with Crippen LogP contribution in [0, 0.1) is 11.3 Å². The van der Waals surface area contributed by atoms with Crippen LogP contribution in [-0.2, 0) is 0 Å². The van der Waals surface area contributed by atoms with Gasteiger partial charge in [0.1, 0.15) is 6.07 Å². The third-order valence-corrected chi connectivity index (χ3v) is 3.27. The summed E-state index contributed by atoms with van der Waals surface area (Å²) in [4.78, 5) is 2.05. The molecule has 78 valence electrons. The summed E-state index contributed by atoms with van der Waals surface area (Å²) in [5.41, 5.74) is 1.55. The van der Waals surface area contributed by atoms with Gasteiger partial charge in [0, 0.05) is 17.6 Å². The summed E-state index contributed by atoms with van der Waals surface area (Å²) in [5.74, 6) is 0. The van der Waals surface area contributed by atoms with Crippen LogP contribution in [-0.4, -0.2) is 24.3 Å². The van der Waals surface area contributed by atoms with Gasteiger partial charge in [-0.05, 0) is 34.5 Å². The second kappa shape index (κ2) is 4.21. The SMILES string of the molecule is N#Cc1c(Br)cccc1N1CCC(O)C1. The average molecular weight is 267 g/mol. The predicted octanol–water partition coefficient (Wildman–Crippen LogP) is 1.89. The van der Waals surface area contributed by atoms with Crippen LogP contribution in [0.2, 0.25) is 0 Å². The molecule has 1 saturated heterocycles. The van der Waals surface area contributed by atoms with E-state index in [1.165, 1.54) is 0 Å². The lowest BCUT2D eigenvalue weighted by Crippen LogP contribution is -2.22. The summed E-state index contributed by atoms with van der Waals surface area (Å²) in [6, 6.07) is 7.87. The molecule has 0 aliphatic carbocycles. The molecule has 1 atom stereocenters. The number of rotatable bonds is 1. The van der Waals surface area contributed by atoms with Crippen LogP contribution in [0.3, 0.4) is 0 Å². The molecule has 4 heteroatoms. The fraction of sp³-hybridized carbons (Fsp3) is 0.364. The number of aliphatic hydroxyl groups excluding tert-OH is 1. The fourth-order valence-electron chi connectivity index (χ4n) is 1.85. The Morgan fingerprint density at radius 3 is 2.93 bits per heavy atom. The lowest BCUT2D eigenvalue weighted by Gasteiger charge is -2.19.